The molecule has 0 aromatic heterocycles. The summed E-state index contributed by atoms with van der Waals surface area (Å²) in [4.78, 5) is 2.26. The Morgan fingerprint density at radius 1 is 0.440 bits per heavy atom. The minimum absolute atomic E-state index is 0.403. The lowest BCUT2D eigenvalue weighted by molar-refractivity contribution is 0.613. The van der Waals surface area contributed by atoms with Crippen LogP contribution in [0, 0.1) is 17.5 Å². The Hall–Kier alpha value is -6.13. The number of benzene rings is 7. The first-order valence-electron chi connectivity index (χ1n) is 16.7. The monoisotopic (exact) mass is 651 g/mol. The van der Waals surface area contributed by atoms with E-state index in [0.29, 0.717) is 16.7 Å². The van der Waals surface area contributed by atoms with E-state index in [4.69, 9.17) is 0 Å². The van der Waals surface area contributed by atoms with Crippen molar-refractivity contribution < 1.29 is 13.2 Å². The Kier molecular flexibility index (Phi) is 5.88. The van der Waals surface area contributed by atoms with Crippen LogP contribution in [0.25, 0.3) is 22.3 Å². The van der Waals surface area contributed by atoms with Crippen LogP contribution in [-0.2, 0) is 10.8 Å². The van der Waals surface area contributed by atoms with Gasteiger partial charge in [-0.1, -0.05) is 97.1 Å². The van der Waals surface area contributed by atoms with Gasteiger partial charge in [-0.15, -0.1) is 6.58 Å². The van der Waals surface area contributed by atoms with Crippen LogP contribution in [0.4, 0.5) is 30.2 Å². The molecule has 1 heterocycles. The fraction of sp³-hybridized carbons (Fsp3) is 0.0435. The number of nitrogens with zero attached hydrogens (tertiary/aromatic N) is 1. The maximum atomic E-state index is 15.3. The zero-order chi connectivity index (χ0) is 33.8. The van der Waals surface area contributed by atoms with E-state index in [-0.39, 0.29) is 0 Å². The average Bonchev–Trinajstić information content (AvgIpc) is 3.59. The van der Waals surface area contributed by atoms with E-state index in [2.05, 4.69) is 90.3 Å². The summed E-state index contributed by atoms with van der Waals surface area (Å²) in [6.45, 7) is 4.40. The van der Waals surface area contributed by atoms with Crippen molar-refractivity contribution in [3.05, 3.63) is 221 Å². The number of fused-ring (bicyclic) bond motifs is 12. The molecule has 0 bridgehead atoms. The molecule has 7 aromatic carbocycles. The molecular formula is C46H28F3N. The first kappa shape index (κ1) is 28.8. The summed E-state index contributed by atoms with van der Waals surface area (Å²) in [6, 6.07) is 47.8. The van der Waals surface area contributed by atoms with Crippen LogP contribution >= 0.6 is 0 Å². The molecule has 0 fully saturated rings. The van der Waals surface area contributed by atoms with Gasteiger partial charge in [-0.25, -0.2) is 13.2 Å². The molecule has 0 saturated heterocycles. The first-order valence-corrected chi connectivity index (χ1v) is 16.7. The molecule has 0 unspecified atom stereocenters. The van der Waals surface area contributed by atoms with Crippen LogP contribution in [0.3, 0.4) is 0 Å². The minimum atomic E-state index is -1.14. The lowest BCUT2D eigenvalue weighted by atomic mass is 9.66. The molecule has 4 heteroatoms. The SMILES string of the molecule is C=CC1(c2ccccc2)c2ccccc2N(c2ccc3c(c2)C2(c4cc(F)ccc4-c4ccc(F)cc42)c2cc(F)ccc2-3)c2ccccc21. The molecule has 2 aliphatic carbocycles. The van der Waals surface area contributed by atoms with Crippen LogP contribution in [0.2, 0.25) is 0 Å². The van der Waals surface area contributed by atoms with Crippen LogP contribution in [0.15, 0.2) is 164 Å². The smallest absolute Gasteiger partial charge is 0.123 e. The van der Waals surface area contributed by atoms with Gasteiger partial charge in [-0.05, 0) is 122 Å². The van der Waals surface area contributed by atoms with Gasteiger partial charge in [-0.3, -0.25) is 0 Å². The van der Waals surface area contributed by atoms with E-state index in [1.165, 1.54) is 36.4 Å². The van der Waals surface area contributed by atoms with Crippen molar-refractivity contribution in [3.8, 4) is 22.3 Å². The van der Waals surface area contributed by atoms with E-state index in [1.54, 1.807) is 18.2 Å². The Morgan fingerprint density at radius 2 is 0.860 bits per heavy atom. The molecule has 0 radical (unpaired) electrons. The van der Waals surface area contributed by atoms with E-state index in [0.717, 1.165) is 61.6 Å². The second-order valence-electron chi connectivity index (χ2n) is 13.3. The van der Waals surface area contributed by atoms with Crippen LogP contribution < -0.4 is 4.90 Å². The quantitative estimate of drug-likeness (QED) is 0.172. The summed E-state index contributed by atoms with van der Waals surface area (Å²) in [5.41, 5.74) is 10.6. The van der Waals surface area contributed by atoms with Gasteiger partial charge in [0.05, 0.1) is 22.2 Å². The zero-order valence-electron chi connectivity index (χ0n) is 26.8. The zero-order valence-corrected chi connectivity index (χ0v) is 26.8. The summed E-state index contributed by atoms with van der Waals surface area (Å²) in [6.07, 6.45) is 2.04. The fourth-order valence-electron chi connectivity index (χ4n) is 9.18. The number of allylic oxidation sites excluding steroid dienone is 1. The Labute approximate surface area is 288 Å². The van der Waals surface area contributed by atoms with Gasteiger partial charge in [0.1, 0.15) is 17.5 Å². The molecule has 7 aromatic rings. The van der Waals surface area contributed by atoms with E-state index in [1.807, 2.05) is 24.3 Å². The van der Waals surface area contributed by atoms with Gasteiger partial charge in [0.15, 0.2) is 0 Å². The topological polar surface area (TPSA) is 3.24 Å². The molecule has 50 heavy (non-hydrogen) atoms. The number of para-hydroxylation sites is 2. The average molecular weight is 652 g/mol. The lowest BCUT2D eigenvalue weighted by Crippen LogP contribution is -2.35. The second-order valence-corrected chi connectivity index (χ2v) is 13.3. The maximum absolute atomic E-state index is 15.3. The van der Waals surface area contributed by atoms with Crippen molar-refractivity contribution in [2.75, 3.05) is 4.90 Å². The molecule has 1 aliphatic heterocycles. The molecule has 1 nitrogen and oxygen atoms in total. The fourth-order valence-corrected chi connectivity index (χ4v) is 9.18. The van der Waals surface area contributed by atoms with Crippen molar-refractivity contribution in [2.24, 2.45) is 0 Å². The van der Waals surface area contributed by atoms with Crippen molar-refractivity contribution >= 4 is 17.1 Å². The number of rotatable bonds is 3. The van der Waals surface area contributed by atoms with Crippen molar-refractivity contribution in [3.63, 3.8) is 0 Å². The van der Waals surface area contributed by atoms with Crippen molar-refractivity contribution in [1.29, 1.82) is 0 Å². The standard InChI is InChI=1S/C46H28F3N/c1-2-45(28-10-4-3-5-11-28)37-12-6-8-14-43(37)50(44-15-9-7-13-38(44)45)32-19-23-36-35-22-18-31(49)26-41(35)46(42(36)27-32)39-24-29(47)16-20-33(39)34-21-17-30(48)25-40(34)46/h2-27H,1H2. The van der Waals surface area contributed by atoms with Gasteiger partial charge < -0.3 is 4.90 Å². The number of hydrogen-bond donors (Lipinski definition) is 0. The Balaban J connectivity index is 1.29. The molecule has 1 spiro atoms. The third-order valence-electron chi connectivity index (χ3n) is 11.1. The summed E-state index contributed by atoms with van der Waals surface area (Å²) in [7, 11) is 0. The second kappa shape index (κ2) is 10.2. The van der Waals surface area contributed by atoms with Crippen LogP contribution in [-0.4, -0.2) is 0 Å². The first-order chi connectivity index (χ1) is 24.5. The molecule has 10 rings (SSSR count). The van der Waals surface area contributed by atoms with E-state index < -0.39 is 28.3 Å². The predicted molar refractivity (Wildman–Crippen MR) is 194 cm³/mol. The van der Waals surface area contributed by atoms with Gasteiger partial charge in [0.2, 0.25) is 0 Å². The Bertz CT molecular complexity index is 2450. The summed E-state index contributed by atoms with van der Waals surface area (Å²) < 4.78 is 45.9. The molecule has 0 N–H and O–H groups in total. The molecule has 0 atom stereocenters. The van der Waals surface area contributed by atoms with Gasteiger partial charge in [0, 0.05) is 5.69 Å². The highest BCUT2D eigenvalue weighted by Crippen LogP contribution is 2.64. The highest BCUT2D eigenvalue weighted by atomic mass is 19.1. The predicted octanol–water partition coefficient (Wildman–Crippen LogP) is 11.8. The minimum Gasteiger partial charge on any atom is -0.310 e. The third kappa shape index (κ3) is 3.52. The normalized spacial score (nSPS) is 15.1. The number of hydrogen-bond acceptors (Lipinski definition) is 1. The number of halogens is 3. The van der Waals surface area contributed by atoms with Crippen molar-refractivity contribution in [1.82, 2.24) is 0 Å². The summed E-state index contributed by atoms with van der Waals surface area (Å²) in [5, 5.41) is 0. The molecular weight excluding hydrogens is 624 g/mol. The lowest BCUT2D eigenvalue weighted by Gasteiger charge is -2.44. The molecule has 3 aliphatic rings. The van der Waals surface area contributed by atoms with Gasteiger partial charge in [-0.2, -0.15) is 0 Å². The van der Waals surface area contributed by atoms with Gasteiger partial charge >= 0.3 is 0 Å². The van der Waals surface area contributed by atoms with Crippen LogP contribution in [0.5, 0.6) is 0 Å². The number of anilines is 3. The third-order valence-corrected chi connectivity index (χ3v) is 11.1. The van der Waals surface area contributed by atoms with Crippen LogP contribution in [0.1, 0.15) is 38.9 Å². The highest BCUT2D eigenvalue weighted by molar-refractivity contribution is 5.97. The Morgan fingerprint density at radius 3 is 1.34 bits per heavy atom. The highest BCUT2D eigenvalue weighted by Gasteiger charge is 2.53. The van der Waals surface area contributed by atoms with E-state index in [9.17, 15) is 0 Å². The van der Waals surface area contributed by atoms with Crippen molar-refractivity contribution in [2.45, 2.75) is 10.8 Å². The summed E-state index contributed by atoms with van der Waals surface area (Å²) in [5.74, 6) is -1.21. The summed E-state index contributed by atoms with van der Waals surface area (Å²) >= 11 is 0. The molecule has 238 valence electrons. The maximum Gasteiger partial charge on any atom is 0.123 e. The molecule has 0 amide bonds. The van der Waals surface area contributed by atoms with Gasteiger partial charge in [0.25, 0.3) is 0 Å². The molecule has 0 saturated carbocycles. The largest absolute Gasteiger partial charge is 0.310 e. The van der Waals surface area contributed by atoms with E-state index >= 15 is 13.2 Å².